The maximum absolute atomic E-state index is 10.0. The van der Waals surface area contributed by atoms with Crippen molar-refractivity contribution in [1.29, 1.82) is 0 Å². The zero-order valence-electron chi connectivity index (χ0n) is 6.71. The lowest BCUT2D eigenvalue weighted by atomic mass is 10.1. The highest BCUT2D eigenvalue weighted by molar-refractivity contribution is 5.39. The molecule has 0 radical (unpaired) electrons. The lowest BCUT2D eigenvalue weighted by molar-refractivity contribution is -0.125. The van der Waals surface area contributed by atoms with E-state index >= 15 is 0 Å². The SMILES string of the molecule is O=COC1=CCCCCCC1. The van der Waals surface area contributed by atoms with Crippen molar-refractivity contribution >= 4 is 6.47 Å². The van der Waals surface area contributed by atoms with Gasteiger partial charge in [-0.05, 0) is 25.3 Å². The Morgan fingerprint density at radius 2 is 2.09 bits per heavy atom. The molecule has 0 atom stereocenters. The average molecular weight is 154 g/mol. The summed E-state index contributed by atoms with van der Waals surface area (Å²) in [5, 5.41) is 0. The molecule has 0 fully saturated rings. The molecule has 0 amide bonds. The van der Waals surface area contributed by atoms with Gasteiger partial charge in [-0.25, -0.2) is 0 Å². The summed E-state index contributed by atoms with van der Waals surface area (Å²) in [6.07, 6.45) is 8.98. The van der Waals surface area contributed by atoms with Crippen LogP contribution in [0, 0.1) is 0 Å². The van der Waals surface area contributed by atoms with E-state index in [2.05, 4.69) is 0 Å². The fraction of sp³-hybridized carbons (Fsp3) is 0.667. The molecule has 0 bridgehead atoms. The van der Waals surface area contributed by atoms with Crippen LogP contribution >= 0.6 is 0 Å². The molecule has 1 aliphatic carbocycles. The van der Waals surface area contributed by atoms with E-state index in [-0.39, 0.29) is 0 Å². The van der Waals surface area contributed by atoms with Crippen LogP contribution in [-0.2, 0) is 9.53 Å². The van der Waals surface area contributed by atoms with E-state index in [0.717, 1.165) is 25.0 Å². The highest BCUT2D eigenvalue weighted by Gasteiger charge is 2.01. The van der Waals surface area contributed by atoms with Crippen LogP contribution in [-0.4, -0.2) is 6.47 Å². The minimum Gasteiger partial charge on any atom is -0.434 e. The van der Waals surface area contributed by atoms with Gasteiger partial charge in [0.05, 0.1) is 0 Å². The van der Waals surface area contributed by atoms with E-state index in [0.29, 0.717) is 6.47 Å². The summed E-state index contributed by atoms with van der Waals surface area (Å²) in [6, 6.07) is 0. The lowest BCUT2D eigenvalue weighted by Gasteiger charge is -2.07. The minimum absolute atomic E-state index is 0.521. The monoisotopic (exact) mass is 154 g/mol. The predicted molar refractivity (Wildman–Crippen MR) is 42.9 cm³/mol. The first-order chi connectivity index (χ1) is 5.43. The second-order valence-corrected chi connectivity index (χ2v) is 2.84. The predicted octanol–water partition coefficient (Wildman–Crippen LogP) is 2.40. The van der Waals surface area contributed by atoms with E-state index < -0.39 is 0 Å². The molecule has 0 saturated carbocycles. The Kier molecular flexibility index (Phi) is 3.73. The fourth-order valence-corrected chi connectivity index (χ4v) is 1.33. The van der Waals surface area contributed by atoms with Crippen LogP contribution < -0.4 is 0 Å². The Morgan fingerprint density at radius 1 is 1.27 bits per heavy atom. The normalized spacial score (nSPS) is 19.5. The lowest BCUT2D eigenvalue weighted by Crippen LogP contribution is -1.93. The molecule has 0 unspecified atom stereocenters. The van der Waals surface area contributed by atoms with Gasteiger partial charge in [0, 0.05) is 6.42 Å². The summed E-state index contributed by atoms with van der Waals surface area (Å²) in [5.41, 5.74) is 0. The number of rotatable bonds is 2. The van der Waals surface area contributed by atoms with Gasteiger partial charge in [0.15, 0.2) is 0 Å². The van der Waals surface area contributed by atoms with Crippen LogP contribution in [0.2, 0.25) is 0 Å². The van der Waals surface area contributed by atoms with Gasteiger partial charge in [-0.1, -0.05) is 12.8 Å². The Morgan fingerprint density at radius 3 is 2.91 bits per heavy atom. The molecule has 2 nitrogen and oxygen atoms in total. The molecule has 0 aromatic heterocycles. The molecule has 11 heavy (non-hydrogen) atoms. The number of carbonyl (C=O) groups is 1. The summed E-state index contributed by atoms with van der Waals surface area (Å²) in [5.74, 6) is 0.861. The smallest absolute Gasteiger partial charge is 0.298 e. The molecule has 1 rings (SSSR count). The standard InChI is InChI=1S/C9H14O2/c10-8-11-9-6-4-2-1-3-5-7-9/h6,8H,1-5,7H2. The first-order valence-corrected chi connectivity index (χ1v) is 4.23. The number of ether oxygens (including phenoxy) is 1. The van der Waals surface area contributed by atoms with Gasteiger partial charge in [-0.3, -0.25) is 4.79 Å². The fourth-order valence-electron chi connectivity index (χ4n) is 1.33. The van der Waals surface area contributed by atoms with Gasteiger partial charge in [-0.15, -0.1) is 0 Å². The maximum Gasteiger partial charge on any atom is 0.298 e. The molecule has 0 saturated heterocycles. The highest BCUT2D eigenvalue weighted by atomic mass is 16.5. The Hall–Kier alpha value is -0.790. The van der Waals surface area contributed by atoms with E-state index in [9.17, 15) is 4.79 Å². The molecular formula is C9H14O2. The molecule has 0 aromatic carbocycles. The molecule has 0 aliphatic heterocycles. The molecule has 1 aliphatic rings. The Balaban J connectivity index is 2.38. The van der Waals surface area contributed by atoms with Crippen molar-refractivity contribution in [2.75, 3.05) is 0 Å². The van der Waals surface area contributed by atoms with Crippen molar-refractivity contribution in [2.45, 2.75) is 38.5 Å². The molecular weight excluding hydrogens is 140 g/mol. The Bertz CT molecular complexity index is 150. The van der Waals surface area contributed by atoms with Crippen LogP contribution in [0.25, 0.3) is 0 Å². The molecule has 0 heterocycles. The number of hydrogen-bond donors (Lipinski definition) is 0. The van der Waals surface area contributed by atoms with Crippen LogP contribution in [0.3, 0.4) is 0 Å². The second kappa shape index (κ2) is 4.94. The zero-order valence-corrected chi connectivity index (χ0v) is 6.71. The highest BCUT2D eigenvalue weighted by Crippen LogP contribution is 2.16. The van der Waals surface area contributed by atoms with Crippen molar-refractivity contribution in [3.63, 3.8) is 0 Å². The van der Waals surface area contributed by atoms with Crippen molar-refractivity contribution < 1.29 is 9.53 Å². The van der Waals surface area contributed by atoms with Gasteiger partial charge in [0.1, 0.15) is 5.76 Å². The summed E-state index contributed by atoms with van der Waals surface area (Å²) in [4.78, 5) is 10.0. The first kappa shape index (κ1) is 8.31. The van der Waals surface area contributed by atoms with Crippen molar-refractivity contribution in [3.05, 3.63) is 11.8 Å². The molecule has 0 N–H and O–H groups in total. The van der Waals surface area contributed by atoms with Gasteiger partial charge >= 0.3 is 0 Å². The van der Waals surface area contributed by atoms with Crippen molar-refractivity contribution in [2.24, 2.45) is 0 Å². The summed E-state index contributed by atoms with van der Waals surface area (Å²) >= 11 is 0. The van der Waals surface area contributed by atoms with Gasteiger partial charge in [0.2, 0.25) is 0 Å². The third-order valence-corrected chi connectivity index (χ3v) is 1.95. The maximum atomic E-state index is 10.0. The van der Waals surface area contributed by atoms with E-state index in [1.807, 2.05) is 6.08 Å². The minimum atomic E-state index is 0.521. The third kappa shape index (κ3) is 3.21. The zero-order chi connectivity index (χ0) is 7.94. The van der Waals surface area contributed by atoms with Gasteiger partial charge in [0.25, 0.3) is 6.47 Å². The third-order valence-electron chi connectivity index (χ3n) is 1.95. The Labute approximate surface area is 67.2 Å². The summed E-state index contributed by atoms with van der Waals surface area (Å²) in [6.45, 7) is 0.521. The number of hydrogen-bond acceptors (Lipinski definition) is 2. The van der Waals surface area contributed by atoms with Crippen molar-refractivity contribution in [3.8, 4) is 0 Å². The molecule has 62 valence electrons. The van der Waals surface area contributed by atoms with Crippen LogP contribution in [0.1, 0.15) is 38.5 Å². The quantitative estimate of drug-likeness (QED) is 0.571. The summed E-state index contributed by atoms with van der Waals surface area (Å²) < 4.78 is 4.80. The molecule has 0 aromatic rings. The van der Waals surface area contributed by atoms with Gasteiger partial charge < -0.3 is 4.74 Å². The van der Waals surface area contributed by atoms with Crippen molar-refractivity contribution in [1.82, 2.24) is 0 Å². The van der Waals surface area contributed by atoms with Crippen LogP contribution in [0.5, 0.6) is 0 Å². The second-order valence-electron chi connectivity index (χ2n) is 2.84. The van der Waals surface area contributed by atoms with Crippen LogP contribution in [0.15, 0.2) is 11.8 Å². The number of allylic oxidation sites excluding steroid dienone is 2. The van der Waals surface area contributed by atoms with E-state index in [1.165, 1.54) is 19.3 Å². The molecule has 2 heteroatoms. The van der Waals surface area contributed by atoms with Gasteiger partial charge in [-0.2, -0.15) is 0 Å². The topological polar surface area (TPSA) is 26.3 Å². The van der Waals surface area contributed by atoms with Crippen LogP contribution in [0.4, 0.5) is 0 Å². The number of carbonyl (C=O) groups excluding carboxylic acids is 1. The van der Waals surface area contributed by atoms with E-state index in [4.69, 9.17) is 4.74 Å². The summed E-state index contributed by atoms with van der Waals surface area (Å²) in [7, 11) is 0. The van der Waals surface area contributed by atoms with E-state index in [1.54, 1.807) is 0 Å². The average Bonchev–Trinajstić information content (AvgIpc) is 1.94. The largest absolute Gasteiger partial charge is 0.434 e. The first-order valence-electron chi connectivity index (χ1n) is 4.23. The molecule has 0 spiro atoms.